The first kappa shape index (κ1) is 22.2. The summed E-state index contributed by atoms with van der Waals surface area (Å²) in [7, 11) is -1.96. The molecule has 28 heavy (non-hydrogen) atoms. The molecule has 0 radical (unpaired) electrons. The van der Waals surface area contributed by atoms with Gasteiger partial charge in [0.05, 0.1) is 4.90 Å². The number of sulfonamides is 1. The van der Waals surface area contributed by atoms with Gasteiger partial charge in [0, 0.05) is 30.7 Å². The average molecular weight is 423 g/mol. The third-order valence-electron chi connectivity index (χ3n) is 3.72. The molecule has 0 unspecified atom stereocenters. The predicted octanol–water partition coefficient (Wildman–Crippen LogP) is 3.28. The molecular formula is C20H27ClN4O2S. The van der Waals surface area contributed by atoms with E-state index in [0.717, 1.165) is 5.56 Å². The zero-order valence-corrected chi connectivity index (χ0v) is 18.2. The molecule has 0 saturated carbocycles. The summed E-state index contributed by atoms with van der Waals surface area (Å²) in [4.78, 5) is 4.44. The maximum absolute atomic E-state index is 12.7. The predicted molar refractivity (Wildman–Crippen MR) is 115 cm³/mol. The van der Waals surface area contributed by atoms with E-state index in [-0.39, 0.29) is 4.90 Å². The van der Waals surface area contributed by atoms with Crippen molar-refractivity contribution in [1.82, 2.24) is 15.4 Å². The summed E-state index contributed by atoms with van der Waals surface area (Å²) in [5, 5.41) is 7.03. The van der Waals surface area contributed by atoms with Crippen LogP contribution in [0.5, 0.6) is 0 Å². The number of halogens is 1. The lowest BCUT2D eigenvalue weighted by atomic mass is 10.1. The molecule has 3 N–H and O–H groups in total. The van der Waals surface area contributed by atoms with Crippen LogP contribution < -0.4 is 15.4 Å². The van der Waals surface area contributed by atoms with Crippen molar-refractivity contribution >= 4 is 27.6 Å². The maximum Gasteiger partial charge on any atom is 0.241 e. The highest BCUT2D eigenvalue weighted by Crippen LogP contribution is 2.17. The van der Waals surface area contributed by atoms with E-state index in [1.807, 2.05) is 51.1 Å². The first-order chi connectivity index (χ1) is 13.1. The van der Waals surface area contributed by atoms with Crippen LogP contribution in [0.3, 0.4) is 0 Å². The standard InChI is InChI=1S/C20H27ClN4O2S/c1-20(2,3)25-28(26,27)18-11-6-5-9-16(18)14-24-19(22-4)23-13-15-8-7-10-17(21)12-15/h5-12,25H,13-14H2,1-4H3,(H2,22,23,24). The van der Waals surface area contributed by atoms with Crippen molar-refractivity contribution in [2.24, 2.45) is 4.99 Å². The van der Waals surface area contributed by atoms with Gasteiger partial charge in [-0.1, -0.05) is 41.9 Å². The maximum atomic E-state index is 12.7. The number of hydrogen-bond donors (Lipinski definition) is 3. The third kappa shape index (κ3) is 6.82. The molecule has 2 aromatic carbocycles. The first-order valence-electron chi connectivity index (χ1n) is 8.91. The van der Waals surface area contributed by atoms with Gasteiger partial charge in [-0.3, -0.25) is 4.99 Å². The van der Waals surface area contributed by atoms with Crippen molar-refractivity contribution in [1.29, 1.82) is 0 Å². The van der Waals surface area contributed by atoms with Gasteiger partial charge in [0.2, 0.25) is 10.0 Å². The van der Waals surface area contributed by atoms with Crippen LogP contribution in [0.2, 0.25) is 5.02 Å². The van der Waals surface area contributed by atoms with E-state index in [0.29, 0.717) is 29.6 Å². The Hall–Kier alpha value is -2.09. The molecule has 0 fully saturated rings. The quantitative estimate of drug-likeness (QED) is 0.492. The highest BCUT2D eigenvalue weighted by Gasteiger charge is 2.24. The van der Waals surface area contributed by atoms with Gasteiger partial charge in [-0.15, -0.1) is 0 Å². The average Bonchev–Trinajstić information content (AvgIpc) is 2.60. The van der Waals surface area contributed by atoms with E-state index in [1.165, 1.54) is 0 Å². The number of rotatable bonds is 6. The van der Waals surface area contributed by atoms with Crippen molar-refractivity contribution in [3.8, 4) is 0 Å². The lowest BCUT2D eigenvalue weighted by molar-refractivity contribution is 0.491. The molecule has 8 heteroatoms. The van der Waals surface area contributed by atoms with Crippen LogP contribution in [0.4, 0.5) is 0 Å². The molecule has 152 valence electrons. The molecule has 0 amide bonds. The Morgan fingerprint density at radius 1 is 1.04 bits per heavy atom. The summed E-state index contributed by atoms with van der Waals surface area (Å²) in [5.41, 5.74) is 1.12. The number of nitrogens with one attached hydrogen (secondary N) is 3. The molecule has 2 aromatic rings. The molecular weight excluding hydrogens is 396 g/mol. The van der Waals surface area contributed by atoms with Crippen molar-refractivity contribution < 1.29 is 8.42 Å². The topological polar surface area (TPSA) is 82.6 Å². The van der Waals surface area contributed by atoms with Crippen LogP contribution in [0, 0.1) is 0 Å². The summed E-state index contributed by atoms with van der Waals surface area (Å²) < 4.78 is 28.1. The summed E-state index contributed by atoms with van der Waals surface area (Å²) in [6.45, 7) is 6.30. The van der Waals surface area contributed by atoms with Gasteiger partial charge < -0.3 is 10.6 Å². The van der Waals surface area contributed by atoms with E-state index in [2.05, 4.69) is 20.3 Å². The molecule has 2 rings (SSSR count). The molecule has 0 heterocycles. The molecule has 0 atom stereocenters. The zero-order chi connectivity index (χ0) is 20.8. The Bertz CT molecular complexity index is 937. The first-order valence-corrected chi connectivity index (χ1v) is 10.8. The van der Waals surface area contributed by atoms with Gasteiger partial charge in [-0.05, 0) is 50.1 Å². The molecule has 0 aliphatic carbocycles. The largest absolute Gasteiger partial charge is 0.352 e. The Labute approximate surface area is 172 Å². The van der Waals surface area contributed by atoms with Gasteiger partial charge in [-0.25, -0.2) is 13.1 Å². The van der Waals surface area contributed by atoms with Crippen LogP contribution in [0.15, 0.2) is 58.4 Å². The fourth-order valence-electron chi connectivity index (χ4n) is 2.60. The monoisotopic (exact) mass is 422 g/mol. The Kier molecular flexibility index (Phi) is 7.46. The second-order valence-electron chi connectivity index (χ2n) is 7.37. The summed E-state index contributed by atoms with van der Waals surface area (Å²) >= 11 is 6.00. The fraction of sp³-hybridized carbons (Fsp3) is 0.350. The minimum atomic E-state index is -3.63. The second kappa shape index (κ2) is 9.41. The van der Waals surface area contributed by atoms with Gasteiger partial charge in [0.15, 0.2) is 5.96 Å². The SMILES string of the molecule is CN=C(NCc1cccc(Cl)c1)NCc1ccccc1S(=O)(=O)NC(C)(C)C. The van der Waals surface area contributed by atoms with Crippen LogP contribution in [0.1, 0.15) is 31.9 Å². The van der Waals surface area contributed by atoms with Crippen LogP contribution in [-0.4, -0.2) is 27.0 Å². The molecule has 0 spiro atoms. The summed E-state index contributed by atoms with van der Waals surface area (Å²) in [6.07, 6.45) is 0. The minimum Gasteiger partial charge on any atom is -0.352 e. The number of guanidine groups is 1. The van der Waals surface area contributed by atoms with Gasteiger partial charge in [0.25, 0.3) is 0 Å². The molecule has 0 bridgehead atoms. The number of aliphatic imine (C=N–C) groups is 1. The van der Waals surface area contributed by atoms with Crippen LogP contribution >= 0.6 is 11.6 Å². The third-order valence-corrected chi connectivity index (χ3v) is 5.82. The number of benzene rings is 2. The van der Waals surface area contributed by atoms with Gasteiger partial charge in [0.1, 0.15) is 0 Å². The Balaban J connectivity index is 2.07. The van der Waals surface area contributed by atoms with Gasteiger partial charge in [-0.2, -0.15) is 0 Å². The lowest BCUT2D eigenvalue weighted by Crippen LogP contribution is -2.41. The van der Waals surface area contributed by atoms with E-state index in [4.69, 9.17) is 11.6 Å². The number of nitrogens with zero attached hydrogens (tertiary/aromatic N) is 1. The van der Waals surface area contributed by atoms with E-state index in [1.54, 1.807) is 25.2 Å². The zero-order valence-electron chi connectivity index (χ0n) is 16.6. The molecule has 0 aliphatic rings. The highest BCUT2D eigenvalue weighted by molar-refractivity contribution is 7.89. The van der Waals surface area contributed by atoms with Crippen molar-refractivity contribution in [3.05, 3.63) is 64.7 Å². The van der Waals surface area contributed by atoms with Gasteiger partial charge >= 0.3 is 0 Å². The number of hydrogen-bond acceptors (Lipinski definition) is 3. The lowest BCUT2D eigenvalue weighted by Gasteiger charge is -2.22. The van der Waals surface area contributed by atoms with Crippen LogP contribution in [-0.2, 0) is 23.1 Å². The van der Waals surface area contributed by atoms with Crippen molar-refractivity contribution in [2.75, 3.05) is 7.05 Å². The summed E-state index contributed by atoms with van der Waals surface area (Å²) in [6, 6.07) is 14.5. The Morgan fingerprint density at radius 2 is 1.71 bits per heavy atom. The van der Waals surface area contributed by atoms with Crippen LogP contribution in [0.25, 0.3) is 0 Å². The summed E-state index contributed by atoms with van der Waals surface area (Å²) in [5.74, 6) is 0.566. The van der Waals surface area contributed by atoms with Crippen molar-refractivity contribution in [3.63, 3.8) is 0 Å². The molecule has 0 aliphatic heterocycles. The normalized spacial score (nSPS) is 12.7. The molecule has 6 nitrogen and oxygen atoms in total. The molecule has 0 aromatic heterocycles. The molecule has 0 saturated heterocycles. The minimum absolute atomic E-state index is 0.253. The van der Waals surface area contributed by atoms with Crippen molar-refractivity contribution in [2.45, 2.75) is 44.3 Å². The smallest absolute Gasteiger partial charge is 0.241 e. The van der Waals surface area contributed by atoms with E-state index in [9.17, 15) is 8.42 Å². The fourth-order valence-corrected chi connectivity index (χ4v) is 4.47. The second-order valence-corrected chi connectivity index (χ2v) is 9.46. The highest BCUT2D eigenvalue weighted by atomic mass is 35.5. The Morgan fingerprint density at radius 3 is 2.36 bits per heavy atom. The van der Waals surface area contributed by atoms with E-state index >= 15 is 0 Å². The van der Waals surface area contributed by atoms with E-state index < -0.39 is 15.6 Å².